The van der Waals surface area contributed by atoms with Crippen LogP contribution in [0.2, 0.25) is 0 Å². The molecule has 2 N–H and O–H groups in total. The van der Waals surface area contributed by atoms with Crippen molar-refractivity contribution in [1.82, 2.24) is 10.6 Å². The molecule has 1 fully saturated rings. The third kappa shape index (κ3) is 4.69. The van der Waals surface area contributed by atoms with E-state index in [0.29, 0.717) is 18.4 Å². The number of halogens is 1. The first-order chi connectivity index (χ1) is 10.7. The van der Waals surface area contributed by atoms with Gasteiger partial charge >= 0.3 is 0 Å². The van der Waals surface area contributed by atoms with Crippen LogP contribution in [0, 0.1) is 5.92 Å². The number of nitrogens with one attached hydrogen (secondary N) is 2. The van der Waals surface area contributed by atoms with Gasteiger partial charge in [-0.3, -0.25) is 4.79 Å². The average Bonchev–Trinajstić information content (AvgIpc) is 2.55. The fraction of sp³-hybridized carbons (Fsp3) is 0.421. The lowest BCUT2D eigenvalue weighted by Gasteiger charge is -2.30. The first-order valence-electron chi connectivity index (χ1n) is 8.20. The van der Waals surface area contributed by atoms with Crippen LogP contribution in [0.4, 0.5) is 0 Å². The number of hydrogen-bond donors (Lipinski definition) is 2. The van der Waals surface area contributed by atoms with E-state index in [-0.39, 0.29) is 18.3 Å². The van der Waals surface area contributed by atoms with Crippen molar-refractivity contribution >= 4 is 29.1 Å². The number of carbonyl (C=O) groups is 1. The normalized spacial score (nSPS) is 20.7. The van der Waals surface area contributed by atoms with Gasteiger partial charge in [0.2, 0.25) is 5.91 Å². The van der Waals surface area contributed by atoms with Gasteiger partial charge in [0.05, 0.1) is 0 Å². The van der Waals surface area contributed by atoms with Crippen LogP contribution in [0.15, 0.2) is 42.5 Å². The molecule has 0 aromatic heterocycles. The summed E-state index contributed by atoms with van der Waals surface area (Å²) in [5.41, 5.74) is 1.23. The third-order valence-electron chi connectivity index (χ3n) is 4.59. The van der Waals surface area contributed by atoms with Gasteiger partial charge in [-0.05, 0) is 48.2 Å². The van der Waals surface area contributed by atoms with E-state index >= 15 is 0 Å². The number of benzene rings is 2. The molecule has 2 aromatic carbocycles. The Kier molecular flexibility index (Phi) is 6.43. The maximum Gasteiger partial charge on any atom is 0.220 e. The first-order valence-corrected chi connectivity index (χ1v) is 8.20. The zero-order chi connectivity index (χ0) is 15.4. The molecule has 4 heteroatoms. The third-order valence-corrected chi connectivity index (χ3v) is 4.59. The van der Waals surface area contributed by atoms with Crippen LogP contribution in [0.5, 0.6) is 0 Å². The predicted octanol–water partition coefficient (Wildman–Crippen LogP) is 3.31. The van der Waals surface area contributed by atoms with E-state index in [1.54, 1.807) is 0 Å². The zero-order valence-corrected chi connectivity index (χ0v) is 14.4. The van der Waals surface area contributed by atoms with Crippen molar-refractivity contribution in [2.75, 3.05) is 13.1 Å². The van der Waals surface area contributed by atoms with Crippen molar-refractivity contribution in [3.63, 3.8) is 0 Å². The molecule has 2 aromatic rings. The number of hydrogen-bond acceptors (Lipinski definition) is 2. The highest BCUT2D eigenvalue weighted by Crippen LogP contribution is 2.17. The van der Waals surface area contributed by atoms with Crippen molar-refractivity contribution in [2.24, 2.45) is 5.92 Å². The second-order valence-electron chi connectivity index (χ2n) is 6.33. The second-order valence-corrected chi connectivity index (χ2v) is 6.33. The molecule has 1 amide bonds. The maximum absolute atomic E-state index is 12.2. The molecule has 1 aliphatic rings. The van der Waals surface area contributed by atoms with Crippen LogP contribution in [-0.4, -0.2) is 25.0 Å². The van der Waals surface area contributed by atoms with Gasteiger partial charge in [-0.1, -0.05) is 49.4 Å². The van der Waals surface area contributed by atoms with Crippen molar-refractivity contribution < 1.29 is 4.79 Å². The molecular formula is C19H25ClN2O. The molecule has 1 aliphatic heterocycles. The molecule has 1 heterocycles. The van der Waals surface area contributed by atoms with E-state index in [2.05, 4.69) is 60.0 Å². The molecule has 1 saturated heterocycles. The molecule has 3 rings (SSSR count). The Morgan fingerprint density at radius 3 is 2.78 bits per heavy atom. The lowest BCUT2D eigenvalue weighted by molar-refractivity contribution is -0.122. The summed E-state index contributed by atoms with van der Waals surface area (Å²) in [7, 11) is 0. The largest absolute Gasteiger partial charge is 0.353 e. The molecule has 0 spiro atoms. The summed E-state index contributed by atoms with van der Waals surface area (Å²) in [5, 5.41) is 9.05. The minimum absolute atomic E-state index is 0. The smallest absolute Gasteiger partial charge is 0.220 e. The quantitative estimate of drug-likeness (QED) is 0.902. The molecule has 2 atom stereocenters. The highest BCUT2D eigenvalue weighted by molar-refractivity contribution is 5.85. The number of rotatable bonds is 4. The van der Waals surface area contributed by atoms with E-state index in [1.807, 2.05) is 0 Å². The summed E-state index contributed by atoms with van der Waals surface area (Å²) in [6, 6.07) is 15.1. The summed E-state index contributed by atoms with van der Waals surface area (Å²) in [4.78, 5) is 12.2. The molecular weight excluding hydrogens is 308 g/mol. The Hall–Kier alpha value is -1.58. The Labute approximate surface area is 144 Å². The molecule has 0 radical (unpaired) electrons. The Balaban J connectivity index is 0.00000192. The van der Waals surface area contributed by atoms with Gasteiger partial charge < -0.3 is 10.6 Å². The summed E-state index contributed by atoms with van der Waals surface area (Å²) >= 11 is 0. The van der Waals surface area contributed by atoms with Crippen LogP contribution >= 0.6 is 12.4 Å². The van der Waals surface area contributed by atoms with Crippen molar-refractivity contribution in [2.45, 2.75) is 32.2 Å². The van der Waals surface area contributed by atoms with Crippen molar-refractivity contribution in [3.8, 4) is 0 Å². The number of piperidine rings is 1. The number of aryl methyl sites for hydroxylation is 1. The van der Waals surface area contributed by atoms with Crippen LogP contribution in [-0.2, 0) is 11.2 Å². The van der Waals surface area contributed by atoms with Gasteiger partial charge in [0.25, 0.3) is 0 Å². The highest BCUT2D eigenvalue weighted by atomic mass is 35.5. The average molecular weight is 333 g/mol. The van der Waals surface area contributed by atoms with Gasteiger partial charge in [0.1, 0.15) is 0 Å². The van der Waals surface area contributed by atoms with Crippen LogP contribution < -0.4 is 10.6 Å². The Morgan fingerprint density at radius 1 is 1.22 bits per heavy atom. The SMILES string of the molecule is CC1CNCCC1NC(=O)CCc1ccc2ccccc2c1.Cl. The predicted molar refractivity (Wildman–Crippen MR) is 98.1 cm³/mol. The maximum atomic E-state index is 12.2. The highest BCUT2D eigenvalue weighted by Gasteiger charge is 2.22. The van der Waals surface area contributed by atoms with Crippen LogP contribution in [0.1, 0.15) is 25.3 Å². The van der Waals surface area contributed by atoms with Gasteiger partial charge in [0, 0.05) is 12.5 Å². The summed E-state index contributed by atoms with van der Waals surface area (Å²) < 4.78 is 0. The lowest BCUT2D eigenvalue weighted by Crippen LogP contribution is -2.48. The van der Waals surface area contributed by atoms with E-state index in [0.717, 1.165) is 25.9 Å². The number of fused-ring (bicyclic) bond motifs is 1. The van der Waals surface area contributed by atoms with Gasteiger partial charge in [0.15, 0.2) is 0 Å². The first kappa shape index (κ1) is 17.8. The molecule has 23 heavy (non-hydrogen) atoms. The fourth-order valence-corrected chi connectivity index (χ4v) is 3.16. The van der Waals surface area contributed by atoms with Crippen molar-refractivity contribution in [1.29, 1.82) is 0 Å². The topological polar surface area (TPSA) is 41.1 Å². The molecule has 3 nitrogen and oxygen atoms in total. The Morgan fingerprint density at radius 2 is 2.00 bits per heavy atom. The van der Waals surface area contributed by atoms with E-state index in [1.165, 1.54) is 16.3 Å². The van der Waals surface area contributed by atoms with E-state index < -0.39 is 0 Å². The van der Waals surface area contributed by atoms with Gasteiger partial charge in [-0.25, -0.2) is 0 Å². The second kappa shape index (κ2) is 8.32. The minimum Gasteiger partial charge on any atom is -0.353 e. The van der Waals surface area contributed by atoms with Crippen molar-refractivity contribution in [3.05, 3.63) is 48.0 Å². The number of carbonyl (C=O) groups excluding carboxylic acids is 1. The monoisotopic (exact) mass is 332 g/mol. The van der Waals surface area contributed by atoms with Gasteiger partial charge in [-0.2, -0.15) is 0 Å². The molecule has 0 saturated carbocycles. The number of amides is 1. The lowest BCUT2D eigenvalue weighted by atomic mass is 9.95. The summed E-state index contributed by atoms with van der Waals surface area (Å²) in [6.45, 7) is 4.19. The summed E-state index contributed by atoms with van der Waals surface area (Å²) in [6.07, 6.45) is 2.40. The van der Waals surface area contributed by atoms with Crippen LogP contribution in [0.25, 0.3) is 10.8 Å². The van der Waals surface area contributed by atoms with Gasteiger partial charge in [-0.15, -0.1) is 12.4 Å². The molecule has 0 bridgehead atoms. The zero-order valence-electron chi connectivity index (χ0n) is 13.5. The fourth-order valence-electron chi connectivity index (χ4n) is 3.16. The Bertz CT molecular complexity index is 659. The van der Waals surface area contributed by atoms with E-state index in [4.69, 9.17) is 0 Å². The standard InChI is InChI=1S/C19H24N2O.ClH/c1-14-13-20-11-10-18(14)21-19(22)9-7-15-6-8-16-4-2-3-5-17(16)12-15;/h2-6,8,12,14,18,20H,7,9-11,13H2,1H3,(H,21,22);1H. The van der Waals surface area contributed by atoms with Crippen LogP contribution in [0.3, 0.4) is 0 Å². The van der Waals surface area contributed by atoms with E-state index in [9.17, 15) is 4.79 Å². The summed E-state index contributed by atoms with van der Waals surface area (Å²) in [5.74, 6) is 0.685. The molecule has 0 aliphatic carbocycles. The molecule has 124 valence electrons. The minimum atomic E-state index is 0. The molecule has 2 unspecified atom stereocenters.